The number of benzene rings is 1. The first kappa shape index (κ1) is 14.5. The van der Waals surface area contributed by atoms with Gasteiger partial charge in [-0.2, -0.15) is 0 Å². The van der Waals surface area contributed by atoms with Crippen molar-refractivity contribution in [2.24, 2.45) is 0 Å². The number of nitrogens with one attached hydrogen (secondary N) is 2. The molecule has 0 aliphatic carbocycles. The van der Waals surface area contributed by atoms with Crippen molar-refractivity contribution in [2.45, 2.75) is 26.8 Å². The molecule has 2 rings (SSSR count). The average molecular weight is 289 g/mol. The highest BCUT2D eigenvalue weighted by Gasteiger charge is 2.07. The highest BCUT2D eigenvalue weighted by atomic mass is 32.1. The molecule has 0 saturated heterocycles. The summed E-state index contributed by atoms with van der Waals surface area (Å²) in [7, 11) is 1.64. The number of nitrogens with zero attached hydrogens (tertiary/aromatic N) is 1. The Kier molecular flexibility index (Phi) is 4.74. The van der Waals surface area contributed by atoms with E-state index in [1.165, 1.54) is 4.88 Å². The van der Waals surface area contributed by atoms with Gasteiger partial charge in [-0.3, -0.25) is 4.79 Å². The number of carbonyl (C=O) groups excluding carboxylic acids is 1. The molecular formula is C15H19N3OS. The SMILES string of the molecule is CCc1ncc(CNc2cc(C(=O)NC)ccc2C)s1. The van der Waals surface area contributed by atoms with E-state index in [-0.39, 0.29) is 5.91 Å². The van der Waals surface area contributed by atoms with Crippen LogP contribution in [0.1, 0.15) is 32.7 Å². The number of hydrogen-bond acceptors (Lipinski definition) is 4. The third kappa shape index (κ3) is 3.36. The van der Waals surface area contributed by atoms with E-state index >= 15 is 0 Å². The first-order chi connectivity index (χ1) is 9.63. The van der Waals surface area contributed by atoms with E-state index in [9.17, 15) is 4.79 Å². The number of carbonyl (C=O) groups is 1. The van der Waals surface area contributed by atoms with Crippen molar-refractivity contribution in [1.82, 2.24) is 10.3 Å². The summed E-state index contributed by atoms with van der Waals surface area (Å²) >= 11 is 1.72. The normalized spacial score (nSPS) is 10.3. The zero-order chi connectivity index (χ0) is 14.5. The van der Waals surface area contributed by atoms with Gasteiger partial charge in [0.2, 0.25) is 0 Å². The Labute approximate surface area is 123 Å². The predicted molar refractivity (Wildman–Crippen MR) is 83.4 cm³/mol. The van der Waals surface area contributed by atoms with Crippen LogP contribution < -0.4 is 10.6 Å². The molecule has 20 heavy (non-hydrogen) atoms. The molecule has 0 fully saturated rings. The van der Waals surface area contributed by atoms with Gasteiger partial charge in [0.05, 0.1) is 11.6 Å². The second-order valence-electron chi connectivity index (χ2n) is 4.54. The Morgan fingerprint density at radius 1 is 1.40 bits per heavy atom. The van der Waals surface area contributed by atoms with E-state index < -0.39 is 0 Å². The summed E-state index contributed by atoms with van der Waals surface area (Å²) in [5.41, 5.74) is 2.77. The van der Waals surface area contributed by atoms with Gasteiger partial charge in [0.25, 0.3) is 5.91 Å². The van der Waals surface area contributed by atoms with E-state index in [0.717, 1.165) is 29.2 Å². The van der Waals surface area contributed by atoms with Gasteiger partial charge in [0.15, 0.2) is 0 Å². The van der Waals surface area contributed by atoms with E-state index in [4.69, 9.17) is 0 Å². The number of thiazole rings is 1. The molecule has 0 aliphatic heterocycles. The molecule has 1 aromatic heterocycles. The largest absolute Gasteiger partial charge is 0.380 e. The van der Waals surface area contributed by atoms with Crippen LogP contribution in [-0.2, 0) is 13.0 Å². The van der Waals surface area contributed by atoms with Gasteiger partial charge in [0.1, 0.15) is 0 Å². The molecule has 0 radical (unpaired) electrons. The Morgan fingerprint density at radius 2 is 2.20 bits per heavy atom. The molecule has 5 heteroatoms. The maximum atomic E-state index is 11.6. The minimum Gasteiger partial charge on any atom is -0.380 e. The highest BCUT2D eigenvalue weighted by Crippen LogP contribution is 2.20. The topological polar surface area (TPSA) is 54.0 Å². The molecule has 2 aromatic rings. The van der Waals surface area contributed by atoms with Gasteiger partial charge >= 0.3 is 0 Å². The Bertz CT molecular complexity index is 607. The van der Waals surface area contributed by atoms with E-state index in [1.54, 1.807) is 18.4 Å². The number of aromatic nitrogens is 1. The Balaban J connectivity index is 2.10. The minimum atomic E-state index is -0.0703. The maximum absolute atomic E-state index is 11.6. The molecule has 1 aromatic carbocycles. The average Bonchev–Trinajstić information content (AvgIpc) is 2.93. The summed E-state index contributed by atoms with van der Waals surface area (Å²) in [5, 5.41) is 7.17. The van der Waals surface area contributed by atoms with Crippen molar-refractivity contribution in [3.05, 3.63) is 45.4 Å². The highest BCUT2D eigenvalue weighted by molar-refractivity contribution is 7.11. The maximum Gasteiger partial charge on any atom is 0.251 e. The van der Waals surface area contributed by atoms with Crippen LogP contribution in [-0.4, -0.2) is 17.9 Å². The van der Waals surface area contributed by atoms with Gasteiger partial charge < -0.3 is 10.6 Å². The fraction of sp³-hybridized carbons (Fsp3) is 0.333. The van der Waals surface area contributed by atoms with Gasteiger partial charge in [-0.25, -0.2) is 4.98 Å². The molecule has 0 spiro atoms. The fourth-order valence-electron chi connectivity index (χ4n) is 1.87. The van der Waals surface area contributed by atoms with Crippen molar-refractivity contribution >= 4 is 22.9 Å². The molecule has 2 N–H and O–H groups in total. The van der Waals surface area contributed by atoms with E-state index in [0.29, 0.717) is 5.56 Å². The molecule has 1 amide bonds. The zero-order valence-electron chi connectivity index (χ0n) is 12.0. The molecule has 106 valence electrons. The third-order valence-electron chi connectivity index (χ3n) is 3.08. The van der Waals surface area contributed by atoms with Gasteiger partial charge in [-0.05, 0) is 31.0 Å². The van der Waals surface area contributed by atoms with E-state index in [2.05, 4.69) is 22.5 Å². The lowest BCUT2D eigenvalue weighted by molar-refractivity contribution is 0.0963. The molecule has 0 saturated carbocycles. The number of hydrogen-bond donors (Lipinski definition) is 2. The van der Waals surface area contributed by atoms with Crippen LogP contribution in [0.25, 0.3) is 0 Å². The van der Waals surface area contributed by atoms with Crippen LogP contribution in [0.2, 0.25) is 0 Å². The van der Waals surface area contributed by atoms with Crippen molar-refractivity contribution in [3.63, 3.8) is 0 Å². The first-order valence-corrected chi connectivity index (χ1v) is 7.46. The summed E-state index contributed by atoms with van der Waals surface area (Å²) in [6.07, 6.45) is 2.88. The molecule has 4 nitrogen and oxygen atoms in total. The quantitative estimate of drug-likeness (QED) is 0.889. The Morgan fingerprint density at radius 3 is 2.85 bits per heavy atom. The second kappa shape index (κ2) is 6.52. The van der Waals surface area contributed by atoms with Crippen LogP contribution in [0.4, 0.5) is 5.69 Å². The van der Waals surface area contributed by atoms with Crippen LogP contribution >= 0.6 is 11.3 Å². The predicted octanol–water partition coefficient (Wildman–Crippen LogP) is 2.99. The summed E-state index contributed by atoms with van der Waals surface area (Å²) < 4.78 is 0. The van der Waals surface area contributed by atoms with Crippen LogP contribution in [0.5, 0.6) is 0 Å². The molecule has 0 atom stereocenters. The molecule has 0 unspecified atom stereocenters. The molecule has 1 heterocycles. The van der Waals surface area contributed by atoms with Crippen molar-refractivity contribution in [3.8, 4) is 0 Å². The van der Waals surface area contributed by atoms with Gasteiger partial charge in [0, 0.05) is 29.4 Å². The first-order valence-electron chi connectivity index (χ1n) is 6.64. The number of aryl methyl sites for hydroxylation is 2. The van der Waals surface area contributed by atoms with Crippen molar-refractivity contribution in [1.29, 1.82) is 0 Å². The molecular weight excluding hydrogens is 270 g/mol. The lowest BCUT2D eigenvalue weighted by Crippen LogP contribution is -2.18. The third-order valence-corrected chi connectivity index (χ3v) is 4.23. The summed E-state index contributed by atoms with van der Waals surface area (Å²) in [4.78, 5) is 17.2. The lowest BCUT2D eigenvalue weighted by Gasteiger charge is -2.10. The van der Waals surface area contributed by atoms with Crippen molar-refractivity contribution < 1.29 is 4.79 Å². The smallest absolute Gasteiger partial charge is 0.251 e. The number of anilines is 1. The fourth-order valence-corrected chi connectivity index (χ4v) is 2.68. The minimum absolute atomic E-state index is 0.0703. The number of rotatable bonds is 5. The summed E-state index contributed by atoms with van der Waals surface area (Å²) in [5.74, 6) is -0.0703. The van der Waals surface area contributed by atoms with Crippen molar-refractivity contribution in [2.75, 3.05) is 12.4 Å². The van der Waals surface area contributed by atoms with E-state index in [1.807, 2.05) is 31.3 Å². The van der Waals surface area contributed by atoms with Gasteiger partial charge in [-0.1, -0.05) is 13.0 Å². The summed E-state index contributed by atoms with van der Waals surface area (Å²) in [6, 6.07) is 5.67. The molecule has 0 bridgehead atoms. The zero-order valence-corrected chi connectivity index (χ0v) is 12.8. The lowest BCUT2D eigenvalue weighted by atomic mass is 10.1. The standard InChI is InChI=1S/C15H19N3OS/c1-4-14-18-9-12(20-14)8-17-13-7-11(15(19)16-3)6-5-10(13)2/h5-7,9,17H,4,8H2,1-3H3,(H,16,19). The van der Waals surface area contributed by atoms with Crippen LogP contribution in [0.3, 0.4) is 0 Å². The number of amides is 1. The molecule has 0 aliphatic rings. The summed E-state index contributed by atoms with van der Waals surface area (Å²) in [6.45, 7) is 4.86. The second-order valence-corrected chi connectivity index (χ2v) is 5.74. The van der Waals surface area contributed by atoms with Crippen LogP contribution in [0.15, 0.2) is 24.4 Å². The monoisotopic (exact) mass is 289 g/mol. The van der Waals surface area contributed by atoms with Crippen LogP contribution in [0, 0.1) is 6.92 Å². The van der Waals surface area contributed by atoms with Gasteiger partial charge in [-0.15, -0.1) is 11.3 Å². The Hall–Kier alpha value is -1.88.